The Labute approximate surface area is 103 Å². The first kappa shape index (κ1) is 13.5. The summed E-state index contributed by atoms with van der Waals surface area (Å²) < 4.78 is 10.2. The van der Waals surface area contributed by atoms with E-state index in [2.05, 4.69) is 0 Å². The van der Waals surface area contributed by atoms with E-state index in [1.165, 1.54) is 12.3 Å². The van der Waals surface area contributed by atoms with Gasteiger partial charge in [-0.3, -0.25) is 0 Å². The fourth-order valence-electron chi connectivity index (χ4n) is 2.04. The molecule has 7 heteroatoms. The lowest BCUT2D eigenvalue weighted by Crippen LogP contribution is -2.69. The summed E-state index contributed by atoms with van der Waals surface area (Å²) in [5, 5.41) is 48.4. The Balaban J connectivity index is 2.24. The molecule has 2 aliphatic heterocycles. The lowest BCUT2D eigenvalue weighted by molar-refractivity contribution is -0.369. The summed E-state index contributed by atoms with van der Waals surface area (Å²) in [4.78, 5) is 0. The summed E-state index contributed by atoms with van der Waals surface area (Å²) in [6, 6.07) is 0. The topological polar surface area (TPSA) is 120 Å². The van der Waals surface area contributed by atoms with E-state index in [0.717, 1.165) is 0 Å². The number of hydrogen-bond acceptors (Lipinski definition) is 7. The van der Waals surface area contributed by atoms with Crippen LogP contribution in [0.4, 0.5) is 0 Å². The van der Waals surface area contributed by atoms with Gasteiger partial charge in [-0.1, -0.05) is 6.08 Å². The first-order valence-electron chi connectivity index (χ1n) is 5.54. The lowest BCUT2D eigenvalue weighted by atomic mass is 9.89. The minimum absolute atomic E-state index is 0.612. The molecule has 7 nitrogen and oxygen atoms in total. The molecule has 2 rings (SSSR count). The first-order chi connectivity index (χ1) is 8.50. The minimum Gasteiger partial charge on any atom is -0.488 e. The summed E-state index contributed by atoms with van der Waals surface area (Å²) in [6.45, 7) is -0.612. The smallest absolute Gasteiger partial charge is 0.237 e. The van der Waals surface area contributed by atoms with Crippen LogP contribution in [0.5, 0.6) is 0 Å². The van der Waals surface area contributed by atoms with Crippen LogP contribution < -0.4 is 0 Å². The molecule has 18 heavy (non-hydrogen) atoms. The molecule has 0 aromatic rings. The molecule has 1 fully saturated rings. The van der Waals surface area contributed by atoms with E-state index in [0.29, 0.717) is 0 Å². The molecule has 0 aliphatic carbocycles. The van der Waals surface area contributed by atoms with Gasteiger partial charge < -0.3 is 35.0 Å². The Morgan fingerprint density at radius 3 is 2.39 bits per heavy atom. The molecule has 2 aliphatic rings. The largest absolute Gasteiger partial charge is 0.488 e. The Morgan fingerprint density at radius 1 is 1.11 bits per heavy atom. The average molecular weight is 260 g/mol. The van der Waals surface area contributed by atoms with Crippen molar-refractivity contribution in [2.24, 2.45) is 0 Å². The van der Waals surface area contributed by atoms with Crippen molar-refractivity contribution in [1.82, 2.24) is 0 Å². The van der Waals surface area contributed by atoms with Crippen molar-refractivity contribution < 1.29 is 35.0 Å². The molecule has 0 saturated carbocycles. The molecule has 2 unspecified atom stereocenters. The highest BCUT2D eigenvalue weighted by Crippen LogP contribution is 2.33. The van der Waals surface area contributed by atoms with Crippen LogP contribution in [0, 0.1) is 0 Å². The Bertz CT molecular complexity index is 353. The maximum absolute atomic E-state index is 10.3. The van der Waals surface area contributed by atoms with Gasteiger partial charge in [0.2, 0.25) is 5.79 Å². The van der Waals surface area contributed by atoms with E-state index < -0.39 is 42.9 Å². The maximum atomic E-state index is 10.3. The zero-order valence-electron chi connectivity index (χ0n) is 9.46. The molecule has 6 atom stereocenters. The van der Waals surface area contributed by atoms with Crippen LogP contribution in [-0.4, -0.2) is 68.4 Å². The SMILES string of the molecule is OC[C@H]1OC(O)(C2C=CC=CO2)[C@H](O)[C@@H](O)[C@@H]1O. The molecule has 2 heterocycles. The summed E-state index contributed by atoms with van der Waals surface area (Å²) in [7, 11) is 0. The molecular formula is C11H16O7. The van der Waals surface area contributed by atoms with Crippen LogP contribution in [0.2, 0.25) is 0 Å². The summed E-state index contributed by atoms with van der Waals surface area (Å²) in [5.74, 6) is -2.24. The predicted octanol–water partition coefficient (Wildman–Crippen LogP) is -2.38. The van der Waals surface area contributed by atoms with Crippen LogP contribution in [0.15, 0.2) is 24.5 Å². The Kier molecular flexibility index (Phi) is 3.71. The highest BCUT2D eigenvalue weighted by molar-refractivity contribution is 5.14. The summed E-state index contributed by atoms with van der Waals surface area (Å²) >= 11 is 0. The van der Waals surface area contributed by atoms with Crippen molar-refractivity contribution in [3.8, 4) is 0 Å². The number of ether oxygens (including phenoxy) is 2. The van der Waals surface area contributed by atoms with Gasteiger partial charge in [0, 0.05) is 0 Å². The monoisotopic (exact) mass is 260 g/mol. The molecule has 102 valence electrons. The fraction of sp³-hybridized carbons (Fsp3) is 0.636. The van der Waals surface area contributed by atoms with Crippen LogP contribution in [0.25, 0.3) is 0 Å². The number of aliphatic hydroxyl groups is 5. The van der Waals surface area contributed by atoms with Crippen molar-refractivity contribution in [2.45, 2.75) is 36.3 Å². The van der Waals surface area contributed by atoms with Gasteiger partial charge in [0.1, 0.15) is 24.4 Å². The number of allylic oxidation sites excluding steroid dienone is 2. The Morgan fingerprint density at radius 2 is 1.83 bits per heavy atom. The highest BCUT2D eigenvalue weighted by Gasteiger charge is 2.57. The van der Waals surface area contributed by atoms with E-state index in [-0.39, 0.29) is 0 Å². The van der Waals surface area contributed by atoms with Crippen LogP contribution in [-0.2, 0) is 9.47 Å². The van der Waals surface area contributed by atoms with Crippen LogP contribution in [0.1, 0.15) is 0 Å². The van der Waals surface area contributed by atoms with E-state index in [1.54, 1.807) is 12.2 Å². The zero-order valence-corrected chi connectivity index (χ0v) is 9.46. The second-order valence-corrected chi connectivity index (χ2v) is 4.29. The molecule has 0 aromatic heterocycles. The van der Waals surface area contributed by atoms with Gasteiger partial charge in [-0.15, -0.1) is 0 Å². The first-order valence-corrected chi connectivity index (χ1v) is 5.54. The van der Waals surface area contributed by atoms with E-state index in [1.807, 2.05) is 0 Å². The number of rotatable bonds is 2. The molecule has 0 aromatic carbocycles. The maximum Gasteiger partial charge on any atom is 0.237 e. The minimum atomic E-state index is -2.24. The van der Waals surface area contributed by atoms with E-state index in [9.17, 15) is 20.4 Å². The van der Waals surface area contributed by atoms with Crippen LogP contribution >= 0.6 is 0 Å². The molecule has 0 bridgehead atoms. The molecule has 0 radical (unpaired) electrons. The average Bonchev–Trinajstić information content (AvgIpc) is 2.41. The molecule has 0 amide bonds. The molecule has 0 spiro atoms. The molecular weight excluding hydrogens is 244 g/mol. The quantitative estimate of drug-likeness (QED) is 0.376. The van der Waals surface area contributed by atoms with Gasteiger partial charge in [0.15, 0.2) is 6.10 Å². The van der Waals surface area contributed by atoms with Gasteiger partial charge in [0.25, 0.3) is 0 Å². The summed E-state index contributed by atoms with van der Waals surface area (Å²) in [5.41, 5.74) is 0. The third kappa shape index (κ3) is 2.05. The third-order valence-corrected chi connectivity index (χ3v) is 3.11. The van der Waals surface area contributed by atoms with Crippen molar-refractivity contribution in [1.29, 1.82) is 0 Å². The Hall–Kier alpha value is -0.960. The van der Waals surface area contributed by atoms with Crippen LogP contribution in [0.3, 0.4) is 0 Å². The van der Waals surface area contributed by atoms with Gasteiger partial charge in [-0.05, 0) is 12.2 Å². The summed E-state index contributed by atoms with van der Waals surface area (Å²) in [6.07, 6.45) is -1.29. The molecule has 5 N–H and O–H groups in total. The van der Waals surface area contributed by atoms with Gasteiger partial charge in [-0.25, -0.2) is 0 Å². The predicted molar refractivity (Wildman–Crippen MR) is 58.1 cm³/mol. The van der Waals surface area contributed by atoms with Gasteiger partial charge in [-0.2, -0.15) is 0 Å². The van der Waals surface area contributed by atoms with Crippen molar-refractivity contribution >= 4 is 0 Å². The van der Waals surface area contributed by atoms with Crippen molar-refractivity contribution in [3.63, 3.8) is 0 Å². The number of hydrogen-bond donors (Lipinski definition) is 5. The zero-order chi connectivity index (χ0) is 13.3. The second kappa shape index (κ2) is 4.96. The molecule has 1 saturated heterocycles. The van der Waals surface area contributed by atoms with E-state index in [4.69, 9.17) is 14.6 Å². The fourth-order valence-corrected chi connectivity index (χ4v) is 2.04. The van der Waals surface area contributed by atoms with Crippen molar-refractivity contribution in [2.75, 3.05) is 6.61 Å². The number of aliphatic hydroxyl groups excluding tert-OH is 4. The normalized spacial score (nSPS) is 47.9. The standard InChI is InChI=1S/C11H16O7/c12-5-6-8(13)9(14)10(15)11(16,18-6)7-3-1-2-4-17-7/h1-4,6-10,12-16H,5H2/t6-,7?,8-,9+,10-,11?/m1/s1. The highest BCUT2D eigenvalue weighted by atomic mass is 16.7. The second-order valence-electron chi connectivity index (χ2n) is 4.29. The van der Waals surface area contributed by atoms with Gasteiger partial charge >= 0.3 is 0 Å². The lowest BCUT2D eigenvalue weighted by Gasteiger charge is -2.47. The van der Waals surface area contributed by atoms with Gasteiger partial charge in [0.05, 0.1) is 12.9 Å². The van der Waals surface area contributed by atoms with E-state index >= 15 is 0 Å². The van der Waals surface area contributed by atoms with Crippen molar-refractivity contribution in [3.05, 3.63) is 24.5 Å². The third-order valence-electron chi connectivity index (χ3n) is 3.11.